The minimum atomic E-state index is -5.06. The molecule has 0 radical (unpaired) electrons. The second kappa shape index (κ2) is 13.5. The molecule has 0 saturated heterocycles. The summed E-state index contributed by atoms with van der Waals surface area (Å²) >= 11 is 0. The molecule has 1 aliphatic rings. The fourth-order valence-electron chi connectivity index (χ4n) is 3.42. The zero-order chi connectivity index (χ0) is 26.5. The van der Waals surface area contributed by atoms with Crippen LogP contribution in [0.2, 0.25) is 0 Å². The Kier molecular flexibility index (Phi) is 13.4. The smallest absolute Gasteiger partial charge is 0.744 e. The average Bonchev–Trinajstić information content (AvgIpc) is 2.70. The molecule has 6 N–H and O–H groups in total. The maximum Gasteiger partial charge on any atom is 1.00 e. The molecule has 2 aromatic rings. The molecule has 0 unspecified atom stereocenters. The standard InChI is InChI=1S/C20H19N3O9S3.3Na/c1-10-6-13(9-18(20(10)23)35(30,31)32)19(11-2-4-14(21)16(7-11)33(24,25)26)12-3-5-15(22)17(8-12)34(27,28)29;;;/h2-9,23H,21-22H2,1H3,(H,24,25,26)(H,27,28,29)(H,30,31,32);;;/q;3*+1/p-2. The molecular formula is C20H17N3Na3O9S3+. The van der Waals surface area contributed by atoms with Crippen molar-refractivity contribution in [2.75, 3.05) is 11.5 Å². The van der Waals surface area contributed by atoms with Crippen LogP contribution < -0.4 is 100 Å². The first kappa shape index (κ1) is 37.7. The second-order valence-electron chi connectivity index (χ2n) is 7.43. The first-order valence-electron chi connectivity index (χ1n) is 9.34. The van der Waals surface area contributed by atoms with Gasteiger partial charge in [0.05, 0.1) is 15.5 Å². The van der Waals surface area contributed by atoms with Crippen molar-refractivity contribution in [3.05, 3.63) is 75.7 Å². The van der Waals surface area contributed by atoms with E-state index in [1.165, 1.54) is 25.1 Å². The molecule has 12 nitrogen and oxygen atoms in total. The number of hydrogen-bond acceptors (Lipinski definition) is 11. The molecule has 0 atom stereocenters. The maximum absolute atomic E-state index is 11.9. The number of nitrogens with two attached hydrogens (primary N) is 2. The number of benzene rings is 2. The van der Waals surface area contributed by atoms with Crippen LogP contribution in [0.1, 0.15) is 18.1 Å². The van der Waals surface area contributed by atoms with Crippen molar-refractivity contribution >= 4 is 53.0 Å². The van der Waals surface area contributed by atoms with E-state index in [1.54, 1.807) is 0 Å². The Morgan fingerprint density at radius 3 is 1.53 bits per heavy atom. The topological polar surface area (TPSA) is 245 Å². The van der Waals surface area contributed by atoms with Crippen molar-refractivity contribution in [3.8, 4) is 0 Å². The maximum atomic E-state index is 11.9. The number of hydrogen-bond donors (Lipinski definition) is 4. The summed E-state index contributed by atoms with van der Waals surface area (Å²) in [7, 11) is -15.0. The van der Waals surface area contributed by atoms with Crippen molar-refractivity contribution in [2.24, 2.45) is 0 Å². The molecule has 0 aromatic heterocycles. The van der Waals surface area contributed by atoms with E-state index >= 15 is 0 Å². The van der Waals surface area contributed by atoms with E-state index in [4.69, 9.17) is 16.9 Å². The number of allylic oxidation sites excluding steroid dienone is 5. The van der Waals surface area contributed by atoms with Gasteiger partial charge in [0.1, 0.15) is 25.1 Å². The van der Waals surface area contributed by atoms with Gasteiger partial charge in [0.15, 0.2) is 0 Å². The van der Waals surface area contributed by atoms with Gasteiger partial charge in [0.2, 0.25) is 0 Å². The summed E-state index contributed by atoms with van der Waals surface area (Å²) in [5.74, 6) is 0. The summed E-state index contributed by atoms with van der Waals surface area (Å²) in [5.41, 5.74) is 9.90. The van der Waals surface area contributed by atoms with Gasteiger partial charge in [-0.3, -0.25) is 9.96 Å². The first-order valence-corrected chi connectivity index (χ1v) is 13.6. The molecule has 0 amide bonds. The Morgan fingerprint density at radius 1 is 0.789 bits per heavy atom. The van der Waals surface area contributed by atoms with Gasteiger partial charge in [-0.2, -0.15) is 8.42 Å². The van der Waals surface area contributed by atoms with Gasteiger partial charge in [-0.05, 0) is 71.2 Å². The third-order valence-electron chi connectivity index (χ3n) is 5.01. The summed E-state index contributed by atoms with van der Waals surface area (Å²) in [5, 5.41) is 7.96. The largest absolute Gasteiger partial charge is 1.00 e. The zero-order valence-electron chi connectivity index (χ0n) is 20.7. The van der Waals surface area contributed by atoms with Gasteiger partial charge in [0, 0.05) is 11.4 Å². The van der Waals surface area contributed by atoms with Crippen molar-refractivity contribution in [3.63, 3.8) is 0 Å². The molecule has 186 valence electrons. The SMILES string of the molecule is CC1=CC(=C(c2ccc(N)c(S(=O)(=O)[O-])c2)c2ccc(N)c(S(=O)(=O)[O-])c2)C=C(S(=O)(=O)O)C1=N.[Na+].[Na+].[Na+]. The third kappa shape index (κ3) is 8.34. The second-order valence-corrected chi connectivity index (χ2v) is 11.5. The van der Waals surface area contributed by atoms with Gasteiger partial charge in [-0.1, -0.05) is 12.1 Å². The fraction of sp³-hybridized carbons (Fsp3) is 0.0500. The van der Waals surface area contributed by atoms with Gasteiger partial charge in [-0.25, -0.2) is 16.8 Å². The van der Waals surface area contributed by atoms with Crippen LogP contribution in [0.25, 0.3) is 5.57 Å². The normalized spacial score (nSPS) is 13.8. The van der Waals surface area contributed by atoms with E-state index in [0.29, 0.717) is 0 Å². The molecule has 1 aliphatic carbocycles. The van der Waals surface area contributed by atoms with E-state index in [2.05, 4.69) is 0 Å². The van der Waals surface area contributed by atoms with E-state index in [0.717, 1.165) is 30.3 Å². The van der Waals surface area contributed by atoms with Crippen molar-refractivity contribution < 1.29 is 128 Å². The minimum absolute atomic E-state index is 0. The summed E-state index contributed by atoms with van der Waals surface area (Å²) in [6.45, 7) is 1.37. The van der Waals surface area contributed by atoms with Crippen LogP contribution in [0.3, 0.4) is 0 Å². The Labute approximate surface area is 286 Å². The van der Waals surface area contributed by atoms with Gasteiger partial charge < -0.3 is 20.6 Å². The Balaban J connectivity index is 0.00000456. The molecule has 3 rings (SSSR count). The quantitative estimate of drug-likeness (QED) is 0.141. The average molecular weight is 609 g/mol. The summed E-state index contributed by atoms with van der Waals surface area (Å²) in [6.07, 6.45) is 2.22. The summed E-state index contributed by atoms with van der Waals surface area (Å²) in [6, 6.07) is 6.53. The van der Waals surface area contributed by atoms with Crippen molar-refractivity contribution in [2.45, 2.75) is 16.7 Å². The molecule has 18 heteroatoms. The zero-order valence-corrected chi connectivity index (χ0v) is 29.2. The van der Waals surface area contributed by atoms with Crippen LogP contribution in [0.5, 0.6) is 0 Å². The summed E-state index contributed by atoms with van der Waals surface area (Å²) in [4.78, 5) is -2.39. The molecule has 0 heterocycles. The Bertz CT molecular complexity index is 1630. The number of nitrogen functional groups attached to an aromatic ring is 2. The van der Waals surface area contributed by atoms with E-state index in [9.17, 15) is 38.9 Å². The molecule has 0 spiro atoms. The summed E-state index contributed by atoms with van der Waals surface area (Å²) < 4.78 is 103. The molecule has 0 fully saturated rings. The van der Waals surface area contributed by atoms with Gasteiger partial charge >= 0.3 is 88.7 Å². The third-order valence-corrected chi connectivity index (χ3v) is 7.67. The van der Waals surface area contributed by atoms with E-state index < -0.39 is 50.8 Å². The molecule has 0 aliphatic heterocycles. The molecule has 0 bridgehead atoms. The van der Waals surface area contributed by atoms with Crippen LogP contribution in [0, 0.1) is 5.41 Å². The fourth-order valence-corrected chi connectivity index (χ4v) is 5.37. The van der Waals surface area contributed by atoms with Crippen LogP contribution in [-0.4, -0.2) is 44.6 Å². The van der Waals surface area contributed by atoms with E-state index in [-0.39, 0.29) is 128 Å². The van der Waals surface area contributed by atoms with Crippen LogP contribution in [0.4, 0.5) is 11.4 Å². The monoisotopic (exact) mass is 608 g/mol. The van der Waals surface area contributed by atoms with Gasteiger partial charge in [-0.15, -0.1) is 0 Å². The number of rotatable bonds is 5. The van der Waals surface area contributed by atoms with Crippen LogP contribution in [0.15, 0.2) is 74.4 Å². The van der Waals surface area contributed by atoms with Crippen LogP contribution >= 0.6 is 0 Å². The number of anilines is 2. The van der Waals surface area contributed by atoms with Crippen LogP contribution in [-0.2, 0) is 30.4 Å². The molecular weight excluding hydrogens is 591 g/mol. The number of nitrogens with one attached hydrogen (secondary N) is 1. The predicted octanol–water partition coefficient (Wildman–Crippen LogP) is -7.78. The minimum Gasteiger partial charge on any atom is -0.744 e. The molecule has 38 heavy (non-hydrogen) atoms. The predicted molar refractivity (Wildman–Crippen MR) is 125 cm³/mol. The van der Waals surface area contributed by atoms with Crippen molar-refractivity contribution in [1.29, 1.82) is 5.41 Å². The Morgan fingerprint density at radius 2 is 1.18 bits per heavy atom. The van der Waals surface area contributed by atoms with Crippen molar-refractivity contribution in [1.82, 2.24) is 0 Å². The Hall–Kier alpha value is -0.340. The first-order chi connectivity index (χ1) is 15.9. The van der Waals surface area contributed by atoms with E-state index in [1.807, 2.05) is 0 Å². The molecule has 0 saturated carbocycles. The molecule has 2 aromatic carbocycles. The van der Waals surface area contributed by atoms with Gasteiger partial charge in [0.25, 0.3) is 10.1 Å².